The third kappa shape index (κ3) is 3.83. The molecule has 4 nitrogen and oxygen atoms in total. The van der Waals surface area contributed by atoms with Gasteiger partial charge in [-0.3, -0.25) is 4.79 Å². The summed E-state index contributed by atoms with van der Waals surface area (Å²) in [6.45, 7) is 4.72. The van der Waals surface area contributed by atoms with Crippen molar-refractivity contribution in [1.82, 2.24) is 4.90 Å². The van der Waals surface area contributed by atoms with Gasteiger partial charge in [-0.2, -0.15) is 11.3 Å². The number of hydrogen-bond donors (Lipinski definition) is 1. The highest BCUT2D eigenvalue weighted by Crippen LogP contribution is 2.05. The fourth-order valence-corrected chi connectivity index (χ4v) is 3.22. The molecule has 1 aliphatic rings. The second kappa shape index (κ2) is 6.74. The molecule has 0 radical (unpaired) electrons. The number of amides is 1. The first-order chi connectivity index (χ1) is 10.3. The second-order valence-electron chi connectivity index (χ2n) is 5.23. The van der Waals surface area contributed by atoms with Crippen LogP contribution in [0, 0.1) is 0 Å². The Kier molecular flexibility index (Phi) is 4.52. The van der Waals surface area contributed by atoms with Crippen molar-refractivity contribution in [2.75, 3.05) is 26.2 Å². The highest BCUT2D eigenvalue weighted by Gasteiger charge is 2.22. The summed E-state index contributed by atoms with van der Waals surface area (Å²) in [5, 5.41) is 4.32. The zero-order valence-electron chi connectivity index (χ0n) is 11.8. The van der Waals surface area contributed by atoms with Crippen LogP contribution in [-0.4, -0.2) is 37.0 Å². The Morgan fingerprint density at radius 1 is 1.38 bits per heavy atom. The van der Waals surface area contributed by atoms with Crippen molar-refractivity contribution in [3.8, 4) is 0 Å². The van der Waals surface area contributed by atoms with Crippen molar-refractivity contribution < 1.29 is 14.1 Å². The molecule has 110 valence electrons. The summed E-state index contributed by atoms with van der Waals surface area (Å²) in [7, 11) is 0. The number of furan rings is 1. The normalized spacial score (nSPS) is 16.7. The van der Waals surface area contributed by atoms with Gasteiger partial charge in [0, 0.05) is 11.6 Å². The summed E-state index contributed by atoms with van der Waals surface area (Å²) in [5.41, 5.74) is 1.40. The molecule has 1 N–H and O–H groups in total. The number of quaternary nitrogens is 1. The fourth-order valence-electron chi connectivity index (χ4n) is 2.55. The molecule has 0 spiro atoms. The van der Waals surface area contributed by atoms with E-state index in [0.717, 1.165) is 32.7 Å². The molecule has 5 heteroatoms. The number of thiophene rings is 1. The minimum Gasteiger partial charge on any atom is -0.465 e. The van der Waals surface area contributed by atoms with Gasteiger partial charge < -0.3 is 14.2 Å². The zero-order chi connectivity index (χ0) is 14.5. The lowest BCUT2D eigenvalue weighted by Crippen LogP contribution is -3.13. The lowest BCUT2D eigenvalue weighted by atomic mass is 10.2. The summed E-state index contributed by atoms with van der Waals surface area (Å²) in [6.07, 6.45) is 4.94. The first kappa shape index (κ1) is 14.1. The number of nitrogens with one attached hydrogen (secondary N) is 1. The van der Waals surface area contributed by atoms with E-state index in [1.165, 1.54) is 5.56 Å². The van der Waals surface area contributed by atoms with Gasteiger partial charge >= 0.3 is 0 Å². The van der Waals surface area contributed by atoms with Crippen LogP contribution in [0.5, 0.6) is 0 Å². The van der Waals surface area contributed by atoms with Crippen LogP contribution in [0.2, 0.25) is 0 Å². The van der Waals surface area contributed by atoms with Crippen LogP contribution in [0.4, 0.5) is 0 Å². The number of rotatable bonds is 4. The molecule has 0 saturated carbocycles. The number of hydrogen-bond acceptors (Lipinski definition) is 3. The maximum Gasteiger partial charge on any atom is 0.247 e. The van der Waals surface area contributed by atoms with E-state index in [2.05, 4.69) is 16.8 Å². The third-order valence-electron chi connectivity index (χ3n) is 3.75. The number of carbonyl (C=O) groups is 1. The molecule has 0 bridgehead atoms. The molecule has 1 fully saturated rings. The molecule has 1 aliphatic heterocycles. The van der Waals surface area contributed by atoms with Crippen molar-refractivity contribution in [2.24, 2.45) is 0 Å². The van der Waals surface area contributed by atoms with Gasteiger partial charge in [0.25, 0.3) is 0 Å². The Labute approximate surface area is 128 Å². The van der Waals surface area contributed by atoms with E-state index in [1.54, 1.807) is 34.7 Å². The largest absolute Gasteiger partial charge is 0.465 e. The maximum atomic E-state index is 12.1. The van der Waals surface area contributed by atoms with E-state index < -0.39 is 0 Å². The summed E-state index contributed by atoms with van der Waals surface area (Å²) in [4.78, 5) is 15.6. The fraction of sp³-hybridized carbons (Fsp3) is 0.312. The Morgan fingerprint density at radius 3 is 2.90 bits per heavy atom. The van der Waals surface area contributed by atoms with Gasteiger partial charge in [0.05, 0.1) is 32.4 Å². The predicted molar refractivity (Wildman–Crippen MR) is 83.0 cm³/mol. The van der Waals surface area contributed by atoms with Crippen molar-refractivity contribution >= 4 is 23.3 Å². The minimum atomic E-state index is 0.0704. The lowest BCUT2D eigenvalue weighted by molar-refractivity contribution is -0.917. The molecule has 0 atom stereocenters. The van der Waals surface area contributed by atoms with Gasteiger partial charge in [0.1, 0.15) is 12.3 Å². The molecule has 3 rings (SSSR count). The van der Waals surface area contributed by atoms with E-state index >= 15 is 0 Å². The molecule has 2 aromatic heterocycles. The maximum absolute atomic E-state index is 12.1. The summed E-state index contributed by atoms with van der Waals surface area (Å²) in [5.74, 6) is 0.783. The number of nitrogens with zero attached hydrogens (tertiary/aromatic N) is 1. The van der Waals surface area contributed by atoms with Crippen LogP contribution in [0.3, 0.4) is 0 Å². The zero-order valence-corrected chi connectivity index (χ0v) is 12.6. The molecular formula is C16H19N2O2S+. The molecule has 3 heterocycles. The predicted octanol–water partition coefficient (Wildman–Crippen LogP) is 1.28. The van der Waals surface area contributed by atoms with Gasteiger partial charge in [0.15, 0.2) is 0 Å². The van der Waals surface area contributed by atoms with Crippen LogP contribution in [0.1, 0.15) is 11.3 Å². The summed E-state index contributed by atoms with van der Waals surface area (Å²) < 4.78 is 5.19. The summed E-state index contributed by atoms with van der Waals surface area (Å²) >= 11 is 1.74. The van der Waals surface area contributed by atoms with E-state index in [0.29, 0.717) is 5.76 Å². The molecule has 21 heavy (non-hydrogen) atoms. The minimum absolute atomic E-state index is 0.0704. The van der Waals surface area contributed by atoms with Crippen LogP contribution >= 0.6 is 11.3 Å². The first-order valence-electron chi connectivity index (χ1n) is 7.16. The van der Waals surface area contributed by atoms with E-state index in [1.807, 2.05) is 17.0 Å². The van der Waals surface area contributed by atoms with Gasteiger partial charge in [-0.1, -0.05) is 0 Å². The SMILES string of the molecule is O=C(/C=C/c1ccco1)N1CC[NH+](Cc2ccsc2)CC1. The van der Waals surface area contributed by atoms with Gasteiger partial charge in [-0.05, 0) is 35.0 Å². The Morgan fingerprint density at radius 2 is 2.24 bits per heavy atom. The van der Waals surface area contributed by atoms with Gasteiger partial charge in [-0.25, -0.2) is 0 Å². The van der Waals surface area contributed by atoms with Crippen molar-refractivity contribution in [2.45, 2.75) is 6.54 Å². The van der Waals surface area contributed by atoms with Gasteiger partial charge in [0.2, 0.25) is 5.91 Å². The number of carbonyl (C=O) groups excluding carboxylic acids is 1. The van der Waals surface area contributed by atoms with Crippen molar-refractivity contribution in [3.63, 3.8) is 0 Å². The average Bonchev–Trinajstić information content (AvgIpc) is 3.19. The third-order valence-corrected chi connectivity index (χ3v) is 4.48. The van der Waals surface area contributed by atoms with Gasteiger partial charge in [-0.15, -0.1) is 0 Å². The van der Waals surface area contributed by atoms with Crippen LogP contribution in [0.25, 0.3) is 6.08 Å². The monoisotopic (exact) mass is 303 g/mol. The van der Waals surface area contributed by atoms with Crippen LogP contribution < -0.4 is 4.90 Å². The molecule has 0 aliphatic carbocycles. The van der Waals surface area contributed by atoms with Crippen LogP contribution in [-0.2, 0) is 11.3 Å². The summed E-state index contributed by atoms with van der Waals surface area (Å²) in [6, 6.07) is 5.84. The standard InChI is InChI=1S/C16H18N2O2S/c19-16(4-3-15-2-1-10-20-15)18-8-6-17(7-9-18)12-14-5-11-21-13-14/h1-5,10-11,13H,6-9,12H2/p+1/b4-3+. The topological polar surface area (TPSA) is 37.9 Å². The van der Waals surface area contributed by atoms with Crippen molar-refractivity contribution in [3.05, 3.63) is 52.6 Å². The molecular weight excluding hydrogens is 284 g/mol. The molecule has 0 unspecified atom stereocenters. The smallest absolute Gasteiger partial charge is 0.247 e. The quantitative estimate of drug-likeness (QED) is 0.864. The van der Waals surface area contributed by atoms with E-state index in [9.17, 15) is 4.79 Å². The number of piperazine rings is 1. The molecule has 0 aromatic carbocycles. The highest BCUT2D eigenvalue weighted by molar-refractivity contribution is 7.07. The van der Waals surface area contributed by atoms with Crippen LogP contribution in [0.15, 0.2) is 45.7 Å². The average molecular weight is 303 g/mol. The van der Waals surface area contributed by atoms with E-state index in [4.69, 9.17) is 4.42 Å². The molecule has 1 saturated heterocycles. The van der Waals surface area contributed by atoms with Crippen molar-refractivity contribution in [1.29, 1.82) is 0 Å². The van der Waals surface area contributed by atoms with E-state index in [-0.39, 0.29) is 5.91 Å². The Balaban J connectivity index is 1.47. The molecule has 1 amide bonds. The first-order valence-corrected chi connectivity index (χ1v) is 8.11. The Hall–Kier alpha value is -1.85. The lowest BCUT2D eigenvalue weighted by Gasteiger charge is -2.31. The molecule has 2 aromatic rings. The Bertz CT molecular complexity index is 582. The highest BCUT2D eigenvalue weighted by atomic mass is 32.1. The second-order valence-corrected chi connectivity index (χ2v) is 6.01.